The molecule has 0 amide bonds. The van der Waals surface area contributed by atoms with Crippen molar-refractivity contribution in [3.05, 3.63) is 35.6 Å². The van der Waals surface area contributed by atoms with E-state index in [4.69, 9.17) is 15.7 Å². The van der Waals surface area contributed by atoms with Crippen molar-refractivity contribution in [3.63, 3.8) is 0 Å². The Morgan fingerprint density at radius 3 is 2.74 bits per heavy atom. The summed E-state index contributed by atoms with van der Waals surface area (Å²) in [6, 6.07) is 7.99. The molecule has 2 heterocycles. The molecule has 0 atom stereocenters. The Hall–Kier alpha value is -1.79. The quantitative estimate of drug-likeness (QED) is 0.511. The molecule has 3 N–H and O–H groups in total. The number of piperidine rings is 1. The van der Waals surface area contributed by atoms with Gasteiger partial charge in [-0.15, -0.1) is 11.8 Å². The molecule has 0 radical (unpaired) electrons. The van der Waals surface area contributed by atoms with Crippen molar-refractivity contribution in [2.75, 3.05) is 19.3 Å². The van der Waals surface area contributed by atoms with Crippen molar-refractivity contribution in [3.8, 4) is 11.3 Å². The molecule has 3 rings (SSSR count). The monoisotopic (exact) mass is 330 g/mol. The maximum absolute atomic E-state index is 8.47. The summed E-state index contributed by atoms with van der Waals surface area (Å²) in [5.41, 5.74) is 8.37. The summed E-state index contributed by atoms with van der Waals surface area (Å²) in [4.78, 5) is 3.27. The van der Waals surface area contributed by atoms with Gasteiger partial charge in [-0.2, -0.15) is 0 Å². The summed E-state index contributed by atoms with van der Waals surface area (Å²) < 4.78 is 5.21. The number of nitrogens with one attached hydrogen (secondary N) is 1. The molecule has 0 spiro atoms. The van der Waals surface area contributed by atoms with Crippen LogP contribution in [0.3, 0.4) is 0 Å². The zero-order chi connectivity index (χ0) is 16.2. The predicted molar refractivity (Wildman–Crippen MR) is 93.9 cm³/mol. The lowest BCUT2D eigenvalue weighted by atomic mass is 10.1. The Labute approximate surface area is 140 Å². The van der Waals surface area contributed by atoms with Crippen LogP contribution in [0.1, 0.15) is 30.6 Å². The van der Waals surface area contributed by atoms with E-state index >= 15 is 0 Å². The molecule has 23 heavy (non-hydrogen) atoms. The Balaban J connectivity index is 1.88. The summed E-state index contributed by atoms with van der Waals surface area (Å²) in [6.07, 6.45) is 5.67. The molecule has 122 valence electrons. The average molecular weight is 330 g/mol. The summed E-state index contributed by atoms with van der Waals surface area (Å²) in [7, 11) is 0. The first-order valence-corrected chi connectivity index (χ1v) is 9.13. The van der Waals surface area contributed by atoms with Crippen LogP contribution in [-0.2, 0) is 6.54 Å². The van der Waals surface area contributed by atoms with Gasteiger partial charge in [-0.1, -0.05) is 17.3 Å². The number of hydrogen-bond acceptors (Lipinski definition) is 5. The van der Waals surface area contributed by atoms with Crippen molar-refractivity contribution < 1.29 is 4.52 Å². The van der Waals surface area contributed by atoms with Gasteiger partial charge in [0.25, 0.3) is 0 Å². The minimum atomic E-state index is 0.347. The van der Waals surface area contributed by atoms with E-state index in [1.807, 2.05) is 24.5 Å². The third kappa shape index (κ3) is 3.43. The molecular formula is C17H22N4OS. The number of nitrogens with two attached hydrogens (primary N) is 1. The zero-order valence-corrected chi connectivity index (χ0v) is 14.2. The molecular weight excluding hydrogens is 308 g/mol. The van der Waals surface area contributed by atoms with Crippen LogP contribution in [0.5, 0.6) is 0 Å². The molecule has 1 saturated heterocycles. The summed E-state index contributed by atoms with van der Waals surface area (Å²) >= 11 is 1.66. The van der Waals surface area contributed by atoms with Crippen LogP contribution in [0, 0.1) is 5.41 Å². The molecule has 2 aromatic rings. The second-order valence-electron chi connectivity index (χ2n) is 5.69. The van der Waals surface area contributed by atoms with Crippen LogP contribution in [-0.4, -0.2) is 35.2 Å². The minimum Gasteiger partial charge on any atom is -0.359 e. The first-order valence-electron chi connectivity index (χ1n) is 7.91. The largest absolute Gasteiger partial charge is 0.359 e. The van der Waals surface area contributed by atoms with E-state index in [0.29, 0.717) is 18.1 Å². The SMILES string of the molecule is CSc1cc(C(=N)N2CCCCC2)ccc1-c1cc(CN)on1. The second-order valence-corrected chi connectivity index (χ2v) is 6.54. The maximum Gasteiger partial charge on any atom is 0.150 e. The molecule has 1 aromatic carbocycles. The molecule has 1 aliphatic rings. The fraction of sp³-hybridized carbons (Fsp3) is 0.412. The number of benzene rings is 1. The van der Waals surface area contributed by atoms with Crippen LogP contribution in [0.2, 0.25) is 0 Å². The lowest BCUT2D eigenvalue weighted by molar-refractivity contribution is 0.341. The van der Waals surface area contributed by atoms with Gasteiger partial charge in [0, 0.05) is 35.2 Å². The highest BCUT2D eigenvalue weighted by atomic mass is 32.2. The van der Waals surface area contributed by atoms with E-state index in [1.165, 1.54) is 19.3 Å². The van der Waals surface area contributed by atoms with Crippen molar-refractivity contribution in [1.29, 1.82) is 5.41 Å². The number of rotatable bonds is 4. The third-order valence-corrected chi connectivity index (χ3v) is 4.96. The Bertz CT molecular complexity index is 692. The smallest absolute Gasteiger partial charge is 0.150 e. The van der Waals surface area contributed by atoms with E-state index in [9.17, 15) is 0 Å². The van der Waals surface area contributed by atoms with Crippen molar-refractivity contribution >= 4 is 17.6 Å². The van der Waals surface area contributed by atoms with E-state index in [2.05, 4.69) is 16.1 Å². The van der Waals surface area contributed by atoms with Crippen molar-refractivity contribution in [1.82, 2.24) is 10.1 Å². The topological polar surface area (TPSA) is 79.1 Å². The first kappa shape index (κ1) is 16.1. The molecule has 0 saturated carbocycles. The molecule has 5 nitrogen and oxygen atoms in total. The molecule has 6 heteroatoms. The second kappa shape index (κ2) is 7.19. The maximum atomic E-state index is 8.47. The highest BCUT2D eigenvalue weighted by molar-refractivity contribution is 7.98. The highest BCUT2D eigenvalue weighted by Gasteiger charge is 2.17. The predicted octanol–water partition coefficient (Wildman–Crippen LogP) is 3.33. The number of aromatic nitrogens is 1. The van der Waals surface area contributed by atoms with Gasteiger partial charge in [-0.3, -0.25) is 5.41 Å². The van der Waals surface area contributed by atoms with Gasteiger partial charge in [0.05, 0.1) is 6.54 Å². The minimum absolute atomic E-state index is 0.347. The van der Waals surface area contributed by atoms with Crippen LogP contribution in [0.25, 0.3) is 11.3 Å². The van der Waals surface area contributed by atoms with Gasteiger partial charge in [-0.25, -0.2) is 0 Å². The molecule has 1 fully saturated rings. The molecule has 0 bridgehead atoms. The number of amidine groups is 1. The lowest BCUT2D eigenvalue weighted by Gasteiger charge is -2.29. The van der Waals surface area contributed by atoms with Gasteiger partial charge >= 0.3 is 0 Å². The number of nitrogens with zero attached hydrogens (tertiary/aromatic N) is 2. The van der Waals surface area contributed by atoms with Gasteiger partial charge in [0.15, 0.2) is 5.76 Å². The van der Waals surface area contributed by atoms with Crippen molar-refractivity contribution in [2.45, 2.75) is 30.7 Å². The standard InChI is InChI=1S/C17H22N4OS/c1-23-16-9-12(17(19)21-7-3-2-4-8-21)5-6-14(16)15-10-13(11-18)22-20-15/h5-6,9-10,19H,2-4,7-8,11,18H2,1H3. The van der Waals surface area contributed by atoms with E-state index in [0.717, 1.165) is 34.8 Å². The molecule has 1 aliphatic heterocycles. The average Bonchev–Trinajstić information content (AvgIpc) is 3.10. The Morgan fingerprint density at radius 1 is 1.30 bits per heavy atom. The molecule has 0 unspecified atom stereocenters. The van der Waals surface area contributed by atoms with Crippen LogP contribution in [0.15, 0.2) is 33.7 Å². The zero-order valence-electron chi connectivity index (χ0n) is 13.3. The van der Waals surface area contributed by atoms with Gasteiger partial charge in [0.1, 0.15) is 11.5 Å². The van der Waals surface area contributed by atoms with Crippen molar-refractivity contribution in [2.24, 2.45) is 5.73 Å². The Morgan fingerprint density at radius 2 is 2.09 bits per heavy atom. The van der Waals surface area contributed by atoms with E-state index < -0.39 is 0 Å². The molecule has 0 aliphatic carbocycles. The van der Waals surface area contributed by atoms with E-state index in [1.54, 1.807) is 11.8 Å². The number of thioether (sulfide) groups is 1. The normalized spacial score (nSPS) is 15.0. The molecule has 1 aromatic heterocycles. The van der Waals surface area contributed by atoms with Gasteiger partial charge < -0.3 is 15.2 Å². The Kier molecular flexibility index (Phi) is 5.03. The first-order chi connectivity index (χ1) is 11.2. The van der Waals surface area contributed by atoms with E-state index in [-0.39, 0.29) is 0 Å². The fourth-order valence-electron chi connectivity index (χ4n) is 2.89. The fourth-order valence-corrected chi connectivity index (χ4v) is 3.52. The summed E-state index contributed by atoms with van der Waals surface area (Å²) in [6.45, 7) is 2.32. The summed E-state index contributed by atoms with van der Waals surface area (Å²) in [5.74, 6) is 1.30. The van der Waals surface area contributed by atoms with Gasteiger partial charge in [-0.05, 0) is 31.6 Å². The lowest BCUT2D eigenvalue weighted by Crippen LogP contribution is -2.35. The highest BCUT2D eigenvalue weighted by Crippen LogP contribution is 2.31. The summed E-state index contributed by atoms with van der Waals surface area (Å²) in [5, 5.41) is 12.6. The third-order valence-electron chi connectivity index (χ3n) is 4.18. The van der Waals surface area contributed by atoms with Crippen LogP contribution >= 0.6 is 11.8 Å². The van der Waals surface area contributed by atoms with Crippen LogP contribution < -0.4 is 5.73 Å². The number of hydrogen-bond donors (Lipinski definition) is 2. The van der Waals surface area contributed by atoms with Gasteiger partial charge in [0.2, 0.25) is 0 Å². The number of likely N-dealkylation sites (tertiary alicyclic amines) is 1. The van der Waals surface area contributed by atoms with Crippen LogP contribution in [0.4, 0.5) is 0 Å².